The number of fused-ring (bicyclic) bond motifs is 2. The summed E-state index contributed by atoms with van der Waals surface area (Å²) in [4.78, 5) is 25.8. The highest BCUT2D eigenvalue weighted by atomic mass is 19.4. The highest BCUT2D eigenvalue weighted by molar-refractivity contribution is 5.98. The predicted molar refractivity (Wildman–Crippen MR) is 134 cm³/mol. The number of hydrogen-bond donors (Lipinski definition) is 2. The fourth-order valence-corrected chi connectivity index (χ4v) is 4.08. The maximum Gasteiger partial charge on any atom is 0.433 e. The van der Waals surface area contributed by atoms with Crippen LogP contribution in [0.25, 0.3) is 33.3 Å². The summed E-state index contributed by atoms with van der Waals surface area (Å²) in [5, 5.41) is 4.07. The Kier molecular flexibility index (Phi) is 6.45. The number of nitrogens with one attached hydrogen (secondary N) is 1. The van der Waals surface area contributed by atoms with Crippen LogP contribution in [0.2, 0.25) is 0 Å². The van der Waals surface area contributed by atoms with E-state index in [1.54, 1.807) is 13.0 Å². The topological polar surface area (TPSA) is 116 Å². The summed E-state index contributed by atoms with van der Waals surface area (Å²) in [5.41, 5.74) is 6.73. The van der Waals surface area contributed by atoms with Crippen molar-refractivity contribution in [3.8, 4) is 17.2 Å². The minimum atomic E-state index is -4.63. The molecule has 0 saturated carbocycles. The molecule has 8 nitrogen and oxygen atoms in total. The summed E-state index contributed by atoms with van der Waals surface area (Å²) in [7, 11) is 1.34. The van der Waals surface area contributed by atoms with Crippen LogP contribution in [-0.2, 0) is 12.7 Å². The van der Waals surface area contributed by atoms with Gasteiger partial charge in [-0.1, -0.05) is 24.3 Å². The Morgan fingerprint density at radius 1 is 1.05 bits per heavy atom. The van der Waals surface area contributed by atoms with Crippen LogP contribution in [0, 0.1) is 0 Å². The first-order valence-electron chi connectivity index (χ1n) is 11.6. The molecule has 0 saturated heterocycles. The second kappa shape index (κ2) is 9.75. The van der Waals surface area contributed by atoms with Gasteiger partial charge in [-0.05, 0) is 43.3 Å². The average Bonchev–Trinajstić information content (AvgIpc) is 3.36. The van der Waals surface area contributed by atoms with Crippen molar-refractivity contribution in [2.45, 2.75) is 25.7 Å². The molecule has 0 spiro atoms. The largest absolute Gasteiger partial charge is 0.494 e. The SMILES string of the molecule is COc1ccc(-c2nc(C(=O)NCc3ccc4ccccc4n3)c([C@H](C)N)o2)c2ccc(C(F)(F)F)nc12. The Labute approximate surface area is 214 Å². The number of benzene rings is 2. The van der Waals surface area contributed by atoms with Gasteiger partial charge >= 0.3 is 6.18 Å². The van der Waals surface area contributed by atoms with E-state index in [4.69, 9.17) is 14.9 Å². The van der Waals surface area contributed by atoms with Gasteiger partial charge in [-0.3, -0.25) is 9.78 Å². The van der Waals surface area contributed by atoms with Crippen molar-refractivity contribution in [2.24, 2.45) is 5.73 Å². The molecule has 0 radical (unpaired) electrons. The lowest BCUT2D eigenvalue weighted by atomic mass is 10.1. The van der Waals surface area contributed by atoms with Gasteiger partial charge in [-0.15, -0.1) is 0 Å². The highest BCUT2D eigenvalue weighted by Gasteiger charge is 2.33. The van der Waals surface area contributed by atoms with E-state index in [9.17, 15) is 18.0 Å². The molecule has 0 bridgehead atoms. The summed E-state index contributed by atoms with van der Waals surface area (Å²) >= 11 is 0. The van der Waals surface area contributed by atoms with E-state index in [1.807, 2.05) is 36.4 Å². The molecule has 0 aliphatic carbocycles. The number of rotatable bonds is 6. The van der Waals surface area contributed by atoms with E-state index in [0.717, 1.165) is 17.0 Å². The fraction of sp³-hybridized carbons (Fsp3) is 0.185. The molecule has 0 fully saturated rings. The van der Waals surface area contributed by atoms with Crippen LogP contribution in [0.3, 0.4) is 0 Å². The zero-order valence-electron chi connectivity index (χ0n) is 20.3. The molecule has 0 aliphatic rings. The number of hydrogen-bond acceptors (Lipinski definition) is 7. The smallest absolute Gasteiger partial charge is 0.433 e. The number of carbonyl (C=O) groups is 1. The van der Waals surface area contributed by atoms with Crippen molar-refractivity contribution in [3.63, 3.8) is 0 Å². The lowest BCUT2D eigenvalue weighted by Gasteiger charge is -2.11. The van der Waals surface area contributed by atoms with Gasteiger partial charge in [0, 0.05) is 16.3 Å². The van der Waals surface area contributed by atoms with Crippen LogP contribution in [-0.4, -0.2) is 28.0 Å². The lowest BCUT2D eigenvalue weighted by Crippen LogP contribution is -2.25. The maximum atomic E-state index is 13.3. The Bertz CT molecular complexity index is 1660. The normalized spacial score (nSPS) is 12.6. The van der Waals surface area contributed by atoms with E-state index in [1.165, 1.54) is 19.2 Å². The van der Waals surface area contributed by atoms with Gasteiger partial charge in [0.15, 0.2) is 11.5 Å². The number of alkyl halides is 3. The molecule has 38 heavy (non-hydrogen) atoms. The van der Waals surface area contributed by atoms with E-state index >= 15 is 0 Å². The molecule has 5 aromatic rings. The molecule has 2 aromatic carbocycles. The van der Waals surface area contributed by atoms with E-state index < -0.39 is 23.8 Å². The molecule has 5 rings (SSSR count). The number of amides is 1. The van der Waals surface area contributed by atoms with Crippen molar-refractivity contribution in [2.75, 3.05) is 7.11 Å². The van der Waals surface area contributed by atoms with Gasteiger partial charge in [0.1, 0.15) is 17.0 Å². The Morgan fingerprint density at radius 3 is 2.58 bits per heavy atom. The zero-order chi connectivity index (χ0) is 27.0. The second-order valence-corrected chi connectivity index (χ2v) is 8.60. The van der Waals surface area contributed by atoms with Gasteiger partial charge in [0.25, 0.3) is 5.91 Å². The van der Waals surface area contributed by atoms with Gasteiger partial charge in [-0.25, -0.2) is 9.97 Å². The molecule has 1 atom stereocenters. The van der Waals surface area contributed by atoms with Crippen molar-refractivity contribution in [1.29, 1.82) is 0 Å². The summed E-state index contributed by atoms with van der Waals surface area (Å²) in [6.07, 6.45) is -4.63. The molecular weight excluding hydrogens is 499 g/mol. The monoisotopic (exact) mass is 521 g/mol. The Hall–Kier alpha value is -4.51. The van der Waals surface area contributed by atoms with Crippen LogP contribution >= 0.6 is 0 Å². The molecule has 0 unspecified atom stereocenters. The summed E-state index contributed by atoms with van der Waals surface area (Å²) in [5.74, 6) is -0.236. The number of pyridine rings is 2. The third-order valence-electron chi connectivity index (χ3n) is 5.93. The van der Waals surface area contributed by atoms with Gasteiger partial charge in [-0.2, -0.15) is 13.2 Å². The van der Waals surface area contributed by atoms with Crippen LogP contribution in [0.15, 0.2) is 65.1 Å². The van der Waals surface area contributed by atoms with E-state index in [2.05, 4.69) is 20.3 Å². The minimum absolute atomic E-state index is 0.0143. The van der Waals surface area contributed by atoms with Gasteiger partial charge < -0.3 is 20.2 Å². The van der Waals surface area contributed by atoms with Crippen LogP contribution in [0.1, 0.15) is 40.6 Å². The molecule has 3 aromatic heterocycles. The fourth-order valence-electron chi connectivity index (χ4n) is 4.08. The number of para-hydroxylation sites is 1. The zero-order valence-corrected chi connectivity index (χ0v) is 20.3. The number of carbonyl (C=O) groups excluding carboxylic acids is 1. The number of nitrogens with two attached hydrogens (primary N) is 1. The number of aromatic nitrogens is 3. The summed E-state index contributed by atoms with van der Waals surface area (Å²) in [6, 6.07) is 15.8. The quantitative estimate of drug-likeness (QED) is 0.307. The predicted octanol–water partition coefficient (Wildman–Crippen LogP) is 5.42. The van der Waals surface area contributed by atoms with E-state index in [-0.39, 0.29) is 35.2 Å². The first-order chi connectivity index (χ1) is 18.2. The molecule has 3 N–H and O–H groups in total. The molecule has 0 aliphatic heterocycles. The average molecular weight is 521 g/mol. The van der Waals surface area contributed by atoms with E-state index in [0.29, 0.717) is 16.6 Å². The molecule has 11 heteroatoms. The lowest BCUT2D eigenvalue weighted by molar-refractivity contribution is -0.140. The van der Waals surface area contributed by atoms with Crippen LogP contribution in [0.5, 0.6) is 5.75 Å². The number of nitrogens with zero attached hydrogens (tertiary/aromatic N) is 3. The Morgan fingerprint density at radius 2 is 1.84 bits per heavy atom. The number of ether oxygens (including phenoxy) is 1. The molecule has 194 valence electrons. The third-order valence-corrected chi connectivity index (χ3v) is 5.93. The van der Waals surface area contributed by atoms with Gasteiger partial charge in [0.2, 0.25) is 5.89 Å². The highest BCUT2D eigenvalue weighted by Crippen LogP contribution is 2.37. The van der Waals surface area contributed by atoms with Crippen molar-refractivity contribution < 1.29 is 27.1 Å². The number of methoxy groups -OCH3 is 1. The third kappa shape index (κ3) is 4.75. The van der Waals surface area contributed by atoms with Crippen LogP contribution in [0.4, 0.5) is 13.2 Å². The summed E-state index contributed by atoms with van der Waals surface area (Å²) in [6.45, 7) is 1.77. The minimum Gasteiger partial charge on any atom is -0.494 e. The van der Waals surface area contributed by atoms with Crippen molar-refractivity contribution in [3.05, 3.63) is 83.5 Å². The van der Waals surface area contributed by atoms with Gasteiger partial charge in [0.05, 0.1) is 30.9 Å². The molecule has 1 amide bonds. The summed E-state index contributed by atoms with van der Waals surface area (Å²) < 4.78 is 50.9. The van der Waals surface area contributed by atoms with Crippen molar-refractivity contribution in [1.82, 2.24) is 20.3 Å². The number of oxazole rings is 1. The first kappa shape index (κ1) is 25.2. The number of halogens is 3. The van der Waals surface area contributed by atoms with Crippen molar-refractivity contribution >= 4 is 27.7 Å². The standard InChI is InChI=1S/C27H22F3N5O3/c1-14(31)24-23(25(36)32-13-16-8-7-15-5-3-4-6-19(15)33-16)35-26(38-24)18-9-11-20(37-2)22-17(18)10-12-21(34-22)27(28,29)30/h3-12,14H,13,31H2,1-2H3,(H,32,36)/t14-/m0/s1. The first-order valence-corrected chi connectivity index (χ1v) is 11.6. The maximum absolute atomic E-state index is 13.3. The second-order valence-electron chi connectivity index (χ2n) is 8.60. The molecular formula is C27H22F3N5O3. The Balaban J connectivity index is 1.49. The molecule has 3 heterocycles. The van der Waals surface area contributed by atoms with Crippen LogP contribution < -0.4 is 15.8 Å².